The predicted octanol–water partition coefficient (Wildman–Crippen LogP) is 4.58. The fraction of sp³-hybridized carbons (Fsp3) is 0.350. The van der Waals surface area contributed by atoms with Gasteiger partial charge in [0.2, 0.25) is 0 Å². The molecule has 1 N–H and O–H groups in total. The van der Waals surface area contributed by atoms with E-state index in [1.54, 1.807) is 12.1 Å². The molecule has 4 heteroatoms. The minimum Gasteiger partial charge on any atom is -0.302 e. The van der Waals surface area contributed by atoms with Crippen LogP contribution in [0.25, 0.3) is 0 Å². The molecule has 3 atom stereocenters. The lowest BCUT2D eigenvalue weighted by molar-refractivity contribution is -0.128. The highest BCUT2D eigenvalue weighted by molar-refractivity contribution is 5.84. The van der Waals surface area contributed by atoms with Crippen molar-refractivity contribution in [1.82, 2.24) is 5.32 Å². The fourth-order valence-corrected chi connectivity index (χ4v) is 3.60. The van der Waals surface area contributed by atoms with Crippen molar-refractivity contribution in [2.45, 2.75) is 32.4 Å². The van der Waals surface area contributed by atoms with Crippen molar-refractivity contribution in [3.63, 3.8) is 0 Å². The molecule has 3 unspecified atom stereocenters. The standard InChI is InChI=1S/C20H21F2NO/c1-12(2)19-18(24)11-17(13-5-3-7-15(21)9-13)23-20(19)14-6-4-8-16(22)10-14/h3-10,12,17,19-20,23H,11H2,1-2H3. The summed E-state index contributed by atoms with van der Waals surface area (Å²) in [6.45, 7) is 4.00. The van der Waals surface area contributed by atoms with Crippen molar-refractivity contribution in [1.29, 1.82) is 0 Å². The molecule has 0 radical (unpaired) electrons. The maximum atomic E-state index is 13.7. The molecule has 0 amide bonds. The molecule has 0 saturated carbocycles. The molecule has 2 aromatic carbocycles. The Balaban J connectivity index is 1.97. The maximum absolute atomic E-state index is 13.7. The number of Topliss-reactive ketones (excluding diaryl/α,β-unsaturated/α-hetero) is 1. The van der Waals surface area contributed by atoms with Gasteiger partial charge in [0.25, 0.3) is 0 Å². The van der Waals surface area contributed by atoms with E-state index in [9.17, 15) is 13.6 Å². The number of benzene rings is 2. The monoisotopic (exact) mass is 329 g/mol. The largest absolute Gasteiger partial charge is 0.302 e. The van der Waals surface area contributed by atoms with E-state index >= 15 is 0 Å². The number of ketones is 1. The quantitative estimate of drug-likeness (QED) is 0.893. The van der Waals surface area contributed by atoms with Crippen molar-refractivity contribution >= 4 is 5.78 Å². The fourth-order valence-electron chi connectivity index (χ4n) is 3.60. The van der Waals surface area contributed by atoms with E-state index in [0.717, 1.165) is 11.1 Å². The molecule has 1 aliphatic rings. The first-order valence-corrected chi connectivity index (χ1v) is 8.25. The molecule has 24 heavy (non-hydrogen) atoms. The van der Waals surface area contributed by atoms with Crippen LogP contribution < -0.4 is 5.32 Å². The van der Waals surface area contributed by atoms with E-state index in [4.69, 9.17) is 0 Å². The lowest BCUT2D eigenvalue weighted by atomic mass is 9.75. The van der Waals surface area contributed by atoms with E-state index in [-0.39, 0.29) is 41.3 Å². The van der Waals surface area contributed by atoms with Gasteiger partial charge in [-0.2, -0.15) is 0 Å². The van der Waals surface area contributed by atoms with Gasteiger partial charge in [0.15, 0.2) is 0 Å². The van der Waals surface area contributed by atoms with Crippen molar-refractivity contribution in [2.24, 2.45) is 11.8 Å². The van der Waals surface area contributed by atoms with Gasteiger partial charge < -0.3 is 5.32 Å². The highest BCUT2D eigenvalue weighted by atomic mass is 19.1. The van der Waals surface area contributed by atoms with Gasteiger partial charge in [0, 0.05) is 24.4 Å². The summed E-state index contributed by atoms with van der Waals surface area (Å²) in [4.78, 5) is 12.7. The minimum atomic E-state index is -0.324. The van der Waals surface area contributed by atoms with Crippen molar-refractivity contribution < 1.29 is 13.6 Å². The van der Waals surface area contributed by atoms with Gasteiger partial charge in [-0.1, -0.05) is 38.1 Å². The first-order chi connectivity index (χ1) is 11.5. The van der Waals surface area contributed by atoms with Gasteiger partial charge in [-0.3, -0.25) is 4.79 Å². The first kappa shape index (κ1) is 16.8. The van der Waals surface area contributed by atoms with Gasteiger partial charge in [-0.05, 0) is 41.3 Å². The average molecular weight is 329 g/mol. The third-order valence-electron chi connectivity index (χ3n) is 4.69. The summed E-state index contributed by atoms with van der Waals surface area (Å²) >= 11 is 0. The number of carbonyl (C=O) groups is 1. The Bertz CT molecular complexity index is 744. The number of halogens is 2. The number of nitrogens with one attached hydrogen (secondary N) is 1. The molecule has 2 aromatic rings. The maximum Gasteiger partial charge on any atom is 0.140 e. The Hall–Kier alpha value is -2.07. The second-order valence-corrected chi connectivity index (χ2v) is 6.75. The zero-order valence-corrected chi connectivity index (χ0v) is 13.8. The summed E-state index contributed by atoms with van der Waals surface area (Å²) in [5.41, 5.74) is 1.50. The number of rotatable bonds is 3. The molecule has 1 heterocycles. The summed E-state index contributed by atoms with van der Waals surface area (Å²) in [5.74, 6) is -0.609. The van der Waals surface area contributed by atoms with E-state index in [0.29, 0.717) is 6.42 Å². The first-order valence-electron chi connectivity index (χ1n) is 8.25. The number of carbonyl (C=O) groups excluding carboxylic acids is 1. The van der Waals surface area contributed by atoms with Crippen LogP contribution in [0.2, 0.25) is 0 Å². The molecule has 0 aliphatic carbocycles. The Morgan fingerprint density at radius 3 is 2.17 bits per heavy atom. The SMILES string of the molecule is CC(C)C1C(=O)CC(c2cccc(F)c2)NC1c1cccc(F)c1. The summed E-state index contributed by atoms with van der Waals surface area (Å²) in [6.07, 6.45) is 0.318. The van der Waals surface area contributed by atoms with Crippen LogP contribution in [-0.4, -0.2) is 5.78 Å². The van der Waals surface area contributed by atoms with Crippen LogP contribution in [0.3, 0.4) is 0 Å². The zero-order chi connectivity index (χ0) is 17.3. The molecule has 126 valence electrons. The lowest BCUT2D eigenvalue weighted by Crippen LogP contribution is -2.44. The number of piperidine rings is 1. The lowest BCUT2D eigenvalue weighted by Gasteiger charge is -2.39. The van der Waals surface area contributed by atoms with Crippen molar-refractivity contribution in [2.75, 3.05) is 0 Å². The predicted molar refractivity (Wildman–Crippen MR) is 89.4 cm³/mol. The van der Waals surface area contributed by atoms with Crippen LogP contribution in [0.15, 0.2) is 48.5 Å². The second kappa shape index (κ2) is 6.81. The van der Waals surface area contributed by atoms with Gasteiger partial charge in [0.1, 0.15) is 17.4 Å². The van der Waals surface area contributed by atoms with Gasteiger partial charge in [-0.25, -0.2) is 8.78 Å². The summed E-state index contributed by atoms with van der Waals surface area (Å²) in [6, 6.07) is 12.1. The van der Waals surface area contributed by atoms with Crippen LogP contribution in [0, 0.1) is 23.5 Å². The topological polar surface area (TPSA) is 29.1 Å². The molecule has 1 saturated heterocycles. The molecule has 0 aromatic heterocycles. The summed E-state index contributed by atoms with van der Waals surface area (Å²) in [5, 5.41) is 3.45. The van der Waals surface area contributed by atoms with Crippen LogP contribution in [0.4, 0.5) is 8.78 Å². The average Bonchev–Trinajstić information content (AvgIpc) is 2.53. The third kappa shape index (κ3) is 3.39. The van der Waals surface area contributed by atoms with Crippen molar-refractivity contribution in [3.8, 4) is 0 Å². The smallest absolute Gasteiger partial charge is 0.140 e. The van der Waals surface area contributed by atoms with Crippen LogP contribution in [-0.2, 0) is 4.79 Å². The van der Waals surface area contributed by atoms with E-state index < -0.39 is 0 Å². The van der Waals surface area contributed by atoms with Crippen molar-refractivity contribution in [3.05, 3.63) is 71.3 Å². The molecule has 0 bridgehead atoms. The van der Waals surface area contributed by atoms with Gasteiger partial charge in [0.05, 0.1) is 0 Å². The molecule has 3 rings (SSSR count). The Labute approximate surface area is 140 Å². The molecular formula is C20H21F2NO. The Morgan fingerprint density at radius 2 is 1.58 bits per heavy atom. The summed E-state index contributed by atoms with van der Waals surface area (Å²) < 4.78 is 27.2. The molecule has 2 nitrogen and oxygen atoms in total. The minimum absolute atomic E-state index is 0.131. The summed E-state index contributed by atoms with van der Waals surface area (Å²) in [7, 11) is 0. The molecule has 0 spiro atoms. The van der Waals surface area contributed by atoms with Crippen LogP contribution in [0.1, 0.15) is 43.5 Å². The number of hydrogen-bond acceptors (Lipinski definition) is 2. The second-order valence-electron chi connectivity index (χ2n) is 6.75. The zero-order valence-electron chi connectivity index (χ0n) is 13.8. The van der Waals surface area contributed by atoms with Crippen LogP contribution >= 0.6 is 0 Å². The van der Waals surface area contributed by atoms with Gasteiger partial charge >= 0.3 is 0 Å². The third-order valence-corrected chi connectivity index (χ3v) is 4.69. The normalized spacial score (nSPS) is 24.4. The van der Waals surface area contributed by atoms with E-state index in [1.807, 2.05) is 26.0 Å². The van der Waals surface area contributed by atoms with Gasteiger partial charge in [-0.15, -0.1) is 0 Å². The Morgan fingerprint density at radius 1 is 1.00 bits per heavy atom. The Kier molecular flexibility index (Phi) is 4.76. The highest BCUT2D eigenvalue weighted by Gasteiger charge is 2.39. The van der Waals surface area contributed by atoms with Crippen LogP contribution in [0.5, 0.6) is 0 Å². The highest BCUT2D eigenvalue weighted by Crippen LogP contribution is 2.38. The molecule has 1 fully saturated rings. The number of hydrogen-bond donors (Lipinski definition) is 1. The van der Waals surface area contributed by atoms with E-state index in [2.05, 4.69) is 5.32 Å². The molecule has 1 aliphatic heterocycles. The van der Waals surface area contributed by atoms with E-state index in [1.165, 1.54) is 24.3 Å². The molecular weight excluding hydrogens is 308 g/mol.